The van der Waals surface area contributed by atoms with Crippen molar-refractivity contribution >= 4 is 11.6 Å². The minimum Gasteiger partial charge on any atom is -0.326 e. The van der Waals surface area contributed by atoms with Gasteiger partial charge in [0.25, 0.3) is 0 Å². The lowest BCUT2D eigenvalue weighted by molar-refractivity contribution is -0.114. The first-order valence-electron chi connectivity index (χ1n) is 7.04. The van der Waals surface area contributed by atoms with E-state index >= 15 is 0 Å². The smallest absolute Gasteiger partial charge is 0.221 e. The van der Waals surface area contributed by atoms with E-state index in [-0.39, 0.29) is 5.91 Å². The molecule has 0 heterocycles. The maximum atomic E-state index is 11.1. The second-order valence-electron chi connectivity index (χ2n) is 6.07. The molecule has 1 aromatic carbocycles. The Morgan fingerprint density at radius 3 is 2.58 bits per heavy atom. The molecular formula is C16H24N2O. The summed E-state index contributed by atoms with van der Waals surface area (Å²) < 4.78 is 0. The minimum absolute atomic E-state index is 0.0309. The van der Waals surface area contributed by atoms with E-state index < -0.39 is 0 Å². The second kappa shape index (κ2) is 5.33. The molecule has 0 bridgehead atoms. The van der Waals surface area contributed by atoms with Crippen molar-refractivity contribution in [2.24, 2.45) is 5.41 Å². The zero-order valence-corrected chi connectivity index (χ0v) is 12.3. The first kappa shape index (κ1) is 14.1. The van der Waals surface area contributed by atoms with Crippen molar-refractivity contribution in [2.45, 2.75) is 52.6 Å². The largest absolute Gasteiger partial charge is 0.326 e. The summed E-state index contributed by atoms with van der Waals surface area (Å²) in [6.07, 6.45) is 2.64. The average Bonchev–Trinajstić information content (AvgIpc) is 3.08. The molecule has 1 amide bonds. The first-order chi connectivity index (χ1) is 8.90. The maximum Gasteiger partial charge on any atom is 0.221 e. The van der Waals surface area contributed by atoms with Crippen LogP contribution in [-0.2, 0) is 4.79 Å². The quantitative estimate of drug-likeness (QED) is 0.851. The van der Waals surface area contributed by atoms with Crippen LogP contribution in [0.4, 0.5) is 5.69 Å². The van der Waals surface area contributed by atoms with E-state index in [2.05, 4.69) is 37.5 Å². The number of amides is 1. The molecule has 2 rings (SSSR count). The number of benzene rings is 1. The van der Waals surface area contributed by atoms with Gasteiger partial charge in [-0.1, -0.05) is 19.1 Å². The Bertz CT molecular complexity index is 466. The molecule has 2 unspecified atom stereocenters. The molecular weight excluding hydrogens is 236 g/mol. The van der Waals surface area contributed by atoms with Gasteiger partial charge in [-0.3, -0.25) is 4.79 Å². The third-order valence-electron chi connectivity index (χ3n) is 4.29. The molecule has 0 saturated heterocycles. The molecule has 19 heavy (non-hydrogen) atoms. The van der Waals surface area contributed by atoms with Crippen LogP contribution in [0.5, 0.6) is 0 Å². The van der Waals surface area contributed by atoms with Gasteiger partial charge in [0.1, 0.15) is 0 Å². The number of carbonyl (C=O) groups excluding carboxylic acids is 1. The van der Waals surface area contributed by atoms with Crippen molar-refractivity contribution in [2.75, 3.05) is 5.32 Å². The fraction of sp³-hybridized carbons (Fsp3) is 0.562. The van der Waals surface area contributed by atoms with Crippen LogP contribution in [-0.4, -0.2) is 11.9 Å². The molecule has 1 aromatic rings. The van der Waals surface area contributed by atoms with E-state index in [9.17, 15) is 4.79 Å². The van der Waals surface area contributed by atoms with Crippen molar-refractivity contribution in [1.29, 1.82) is 0 Å². The lowest BCUT2D eigenvalue weighted by Crippen LogP contribution is -2.35. The van der Waals surface area contributed by atoms with Crippen molar-refractivity contribution in [3.05, 3.63) is 29.8 Å². The summed E-state index contributed by atoms with van der Waals surface area (Å²) in [5.74, 6) is -0.0309. The van der Waals surface area contributed by atoms with E-state index in [4.69, 9.17) is 0 Å². The molecule has 0 radical (unpaired) electrons. The van der Waals surface area contributed by atoms with Crippen LogP contribution < -0.4 is 10.6 Å². The monoisotopic (exact) mass is 260 g/mol. The number of carbonyl (C=O) groups is 1. The van der Waals surface area contributed by atoms with E-state index in [1.165, 1.54) is 25.3 Å². The molecule has 3 heteroatoms. The molecule has 0 spiro atoms. The van der Waals surface area contributed by atoms with Crippen LogP contribution >= 0.6 is 0 Å². The van der Waals surface area contributed by atoms with Gasteiger partial charge in [-0.15, -0.1) is 0 Å². The van der Waals surface area contributed by atoms with Gasteiger partial charge < -0.3 is 10.6 Å². The Hall–Kier alpha value is -1.35. The molecule has 1 fully saturated rings. The lowest BCUT2D eigenvalue weighted by atomic mass is 9.98. The molecule has 104 valence electrons. The fourth-order valence-electron chi connectivity index (χ4n) is 2.39. The molecule has 1 saturated carbocycles. The Labute approximate surface area is 115 Å². The van der Waals surface area contributed by atoms with Crippen molar-refractivity contribution in [3.8, 4) is 0 Å². The van der Waals surface area contributed by atoms with Crippen molar-refractivity contribution < 1.29 is 4.79 Å². The standard InChI is InChI=1S/C16H24N2O/c1-11(17-12(2)16(4)8-9-16)14-6-5-7-15(10-14)18-13(3)19/h5-7,10-12,17H,8-9H2,1-4H3,(H,18,19). The zero-order valence-electron chi connectivity index (χ0n) is 12.3. The average molecular weight is 260 g/mol. The number of rotatable bonds is 5. The maximum absolute atomic E-state index is 11.1. The predicted octanol–water partition coefficient (Wildman–Crippen LogP) is 3.48. The summed E-state index contributed by atoms with van der Waals surface area (Å²) in [7, 11) is 0. The van der Waals surface area contributed by atoms with Crippen LogP contribution in [0.15, 0.2) is 24.3 Å². The summed E-state index contributed by atoms with van der Waals surface area (Å²) in [6.45, 7) is 8.31. The highest BCUT2D eigenvalue weighted by Gasteiger charge is 2.42. The predicted molar refractivity (Wildman–Crippen MR) is 79.1 cm³/mol. The van der Waals surface area contributed by atoms with Gasteiger partial charge in [0, 0.05) is 24.7 Å². The van der Waals surface area contributed by atoms with Gasteiger partial charge >= 0.3 is 0 Å². The molecule has 0 aliphatic heterocycles. The van der Waals surface area contributed by atoms with Crippen molar-refractivity contribution in [1.82, 2.24) is 5.32 Å². The number of anilines is 1. The molecule has 1 aliphatic rings. The fourth-order valence-corrected chi connectivity index (χ4v) is 2.39. The number of nitrogens with one attached hydrogen (secondary N) is 2. The lowest BCUT2D eigenvalue weighted by Gasteiger charge is -2.25. The zero-order chi connectivity index (χ0) is 14.0. The van der Waals surface area contributed by atoms with Gasteiger partial charge in [0.2, 0.25) is 5.91 Å². The summed E-state index contributed by atoms with van der Waals surface area (Å²) in [5.41, 5.74) is 2.55. The minimum atomic E-state index is -0.0309. The third kappa shape index (κ3) is 3.57. The molecule has 0 aromatic heterocycles. The Morgan fingerprint density at radius 2 is 2.00 bits per heavy atom. The highest BCUT2D eigenvalue weighted by molar-refractivity contribution is 5.88. The van der Waals surface area contributed by atoms with E-state index in [1.54, 1.807) is 0 Å². The number of hydrogen-bond donors (Lipinski definition) is 2. The van der Waals surface area contributed by atoms with Crippen LogP contribution in [0.3, 0.4) is 0 Å². The van der Waals surface area contributed by atoms with E-state index in [1.807, 2.05) is 18.2 Å². The molecule has 2 N–H and O–H groups in total. The van der Waals surface area contributed by atoms with Crippen LogP contribution in [0.25, 0.3) is 0 Å². The molecule has 1 aliphatic carbocycles. The normalized spacial score (nSPS) is 19.6. The first-order valence-corrected chi connectivity index (χ1v) is 7.04. The van der Waals surface area contributed by atoms with Crippen LogP contribution in [0.1, 0.15) is 52.1 Å². The van der Waals surface area contributed by atoms with Gasteiger partial charge in [-0.2, -0.15) is 0 Å². The Balaban J connectivity index is 2.02. The summed E-state index contributed by atoms with van der Waals surface area (Å²) in [4.78, 5) is 11.1. The summed E-state index contributed by atoms with van der Waals surface area (Å²) in [5, 5.41) is 6.50. The van der Waals surface area contributed by atoms with Gasteiger partial charge in [0.05, 0.1) is 0 Å². The van der Waals surface area contributed by atoms with Gasteiger partial charge in [-0.05, 0) is 49.8 Å². The topological polar surface area (TPSA) is 41.1 Å². The third-order valence-corrected chi connectivity index (χ3v) is 4.29. The van der Waals surface area contributed by atoms with Gasteiger partial charge in [-0.25, -0.2) is 0 Å². The van der Waals surface area contributed by atoms with Crippen LogP contribution in [0, 0.1) is 5.41 Å². The summed E-state index contributed by atoms with van der Waals surface area (Å²) >= 11 is 0. The molecule has 2 atom stereocenters. The molecule has 3 nitrogen and oxygen atoms in total. The Kier molecular flexibility index (Phi) is 3.95. The SMILES string of the molecule is CC(=O)Nc1cccc(C(C)NC(C)C2(C)CC2)c1. The van der Waals surface area contributed by atoms with E-state index in [0.717, 1.165) is 5.69 Å². The van der Waals surface area contributed by atoms with E-state index in [0.29, 0.717) is 17.5 Å². The summed E-state index contributed by atoms with van der Waals surface area (Å²) in [6, 6.07) is 8.87. The highest BCUT2D eigenvalue weighted by Crippen LogP contribution is 2.48. The van der Waals surface area contributed by atoms with Gasteiger partial charge in [0.15, 0.2) is 0 Å². The van der Waals surface area contributed by atoms with Crippen LogP contribution in [0.2, 0.25) is 0 Å². The highest BCUT2D eigenvalue weighted by atomic mass is 16.1. The second-order valence-corrected chi connectivity index (χ2v) is 6.07. The van der Waals surface area contributed by atoms with Crippen molar-refractivity contribution in [3.63, 3.8) is 0 Å². The number of hydrogen-bond acceptors (Lipinski definition) is 2. The Morgan fingerprint density at radius 1 is 1.32 bits per heavy atom.